The van der Waals surface area contributed by atoms with E-state index in [-0.39, 0.29) is 6.04 Å². The molecule has 11 heteroatoms. The molecule has 1 saturated heterocycles. The Morgan fingerprint density at radius 3 is 2.06 bits per heavy atom. The number of halogens is 5. The minimum absolute atomic E-state index is 0.130. The molecule has 1 aromatic heterocycles. The van der Waals surface area contributed by atoms with E-state index in [1.165, 1.54) is 14.2 Å². The molecule has 0 radical (unpaired) electrons. The van der Waals surface area contributed by atoms with E-state index >= 15 is 0 Å². The van der Waals surface area contributed by atoms with E-state index in [1.54, 1.807) is 12.1 Å². The molecule has 0 bridgehead atoms. The smallest absolute Gasteiger partial charge is 0.207 e. The van der Waals surface area contributed by atoms with Crippen LogP contribution in [0.2, 0.25) is 0 Å². The van der Waals surface area contributed by atoms with Crippen LogP contribution < -0.4 is 14.2 Å². The Kier molecular flexibility index (Phi) is 6.83. The van der Waals surface area contributed by atoms with E-state index < -0.39 is 40.9 Å². The van der Waals surface area contributed by atoms with Crippen molar-refractivity contribution in [1.82, 2.24) is 10.1 Å². The van der Waals surface area contributed by atoms with Crippen LogP contribution in [0.1, 0.15) is 37.9 Å². The van der Waals surface area contributed by atoms with E-state index in [9.17, 15) is 22.0 Å². The van der Waals surface area contributed by atoms with Crippen LogP contribution >= 0.6 is 0 Å². The average Bonchev–Trinajstić information content (AvgIpc) is 3.27. The highest BCUT2D eigenvalue weighted by Gasteiger charge is 2.33. The number of fused-ring (bicyclic) bond motifs is 1. The first-order valence-electron chi connectivity index (χ1n) is 10.7. The van der Waals surface area contributed by atoms with Gasteiger partial charge in [-0.1, -0.05) is 12.1 Å². The van der Waals surface area contributed by atoms with Gasteiger partial charge in [-0.3, -0.25) is 4.90 Å². The highest BCUT2D eigenvalue weighted by Crippen LogP contribution is 2.38. The van der Waals surface area contributed by atoms with Crippen LogP contribution in [0.4, 0.5) is 22.0 Å². The van der Waals surface area contributed by atoms with Gasteiger partial charge in [-0.2, -0.15) is 8.78 Å². The molecular formula is C23H23F5N2O4. The van der Waals surface area contributed by atoms with Gasteiger partial charge in [0, 0.05) is 19.2 Å². The summed E-state index contributed by atoms with van der Waals surface area (Å²) in [7, 11) is 3.05. The third-order valence-electron chi connectivity index (χ3n) is 6.08. The minimum atomic E-state index is -2.21. The van der Waals surface area contributed by atoms with Crippen molar-refractivity contribution < 1.29 is 40.7 Å². The minimum Gasteiger partial charge on any atom is -0.493 e. The standard InChI is InChI=1S/C23H23F5N2O4/c1-4-13(22-12-9-15(31-2)16(32-3)10-14(12)34-29-22)30-7-5-11(6-8-30)33-23-20(27)18(25)17(24)19(26)21(23)28/h9-11,13H,4-8H2,1-3H3. The van der Waals surface area contributed by atoms with Crippen molar-refractivity contribution in [1.29, 1.82) is 0 Å². The molecular weight excluding hydrogens is 463 g/mol. The molecule has 1 unspecified atom stereocenters. The van der Waals surface area contributed by atoms with Crippen LogP contribution in [-0.4, -0.2) is 43.5 Å². The molecule has 0 saturated carbocycles. The van der Waals surface area contributed by atoms with Gasteiger partial charge >= 0.3 is 0 Å². The largest absolute Gasteiger partial charge is 0.493 e. The Bertz CT molecular complexity index is 1170. The van der Waals surface area contributed by atoms with Crippen molar-refractivity contribution >= 4 is 11.0 Å². The fourth-order valence-electron chi connectivity index (χ4n) is 4.31. The number of likely N-dealkylation sites (tertiary alicyclic amines) is 1. The molecule has 1 aliphatic heterocycles. The summed E-state index contributed by atoms with van der Waals surface area (Å²) in [5.74, 6) is -10.4. The lowest BCUT2D eigenvalue weighted by Crippen LogP contribution is -2.40. The first-order valence-corrected chi connectivity index (χ1v) is 10.7. The summed E-state index contributed by atoms with van der Waals surface area (Å²) < 4.78 is 89.6. The molecule has 2 aromatic carbocycles. The molecule has 4 rings (SSSR count). The highest BCUT2D eigenvalue weighted by atomic mass is 19.2. The van der Waals surface area contributed by atoms with Crippen molar-refractivity contribution in [2.45, 2.75) is 38.3 Å². The molecule has 184 valence electrons. The number of benzene rings is 2. The lowest BCUT2D eigenvalue weighted by Gasteiger charge is -2.36. The summed E-state index contributed by atoms with van der Waals surface area (Å²) in [6, 6.07) is 3.36. The van der Waals surface area contributed by atoms with Gasteiger partial charge in [0.25, 0.3) is 0 Å². The zero-order valence-electron chi connectivity index (χ0n) is 18.8. The highest BCUT2D eigenvalue weighted by molar-refractivity contribution is 5.83. The van der Waals surface area contributed by atoms with Gasteiger partial charge in [-0.25, -0.2) is 13.2 Å². The number of aromatic nitrogens is 1. The third-order valence-corrected chi connectivity index (χ3v) is 6.08. The number of nitrogens with zero attached hydrogens (tertiary/aromatic N) is 2. The molecule has 0 spiro atoms. The Morgan fingerprint density at radius 2 is 1.50 bits per heavy atom. The summed E-state index contributed by atoms with van der Waals surface area (Å²) >= 11 is 0. The van der Waals surface area contributed by atoms with Crippen LogP contribution in [0.5, 0.6) is 17.2 Å². The van der Waals surface area contributed by atoms with Gasteiger partial charge < -0.3 is 18.7 Å². The second-order valence-electron chi connectivity index (χ2n) is 7.95. The van der Waals surface area contributed by atoms with Crippen molar-refractivity contribution in [3.05, 3.63) is 46.9 Å². The zero-order valence-corrected chi connectivity index (χ0v) is 18.8. The monoisotopic (exact) mass is 486 g/mol. The Morgan fingerprint density at radius 1 is 0.941 bits per heavy atom. The van der Waals surface area contributed by atoms with Gasteiger partial charge in [0.05, 0.1) is 25.6 Å². The maximum Gasteiger partial charge on any atom is 0.207 e. The summed E-state index contributed by atoms with van der Waals surface area (Å²) in [5, 5.41) is 5.02. The van der Waals surface area contributed by atoms with Crippen LogP contribution in [0.15, 0.2) is 16.7 Å². The fraction of sp³-hybridized carbons (Fsp3) is 0.435. The number of rotatable bonds is 7. The molecule has 6 nitrogen and oxygen atoms in total. The zero-order chi connectivity index (χ0) is 24.6. The van der Waals surface area contributed by atoms with E-state index in [2.05, 4.69) is 10.1 Å². The summed E-state index contributed by atoms with van der Waals surface area (Å²) in [5.41, 5.74) is 1.24. The molecule has 1 aliphatic rings. The van der Waals surface area contributed by atoms with E-state index in [1.807, 2.05) is 6.92 Å². The van der Waals surface area contributed by atoms with Gasteiger partial charge in [0.15, 0.2) is 22.8 Å². The van der Waals surface area contributed by atoms with E-state index in [0.29, 0.717) is 55.1 Å². The van der Waals surface area contributed by atoms with Crippen molar-refractivity contribution in [3.63, 3.8) is 0 Å². The normalized spacial score (nSPS) is 16.1. The number of piperidine rings is 1. The van der Waals surface area contributed by atoms with Crippen LogP contribution in [0.25, 0.3) is 11.0 Å². The molecule has 0 N–H and O–H groups in total. The number of hydrogen-bond donors (Lipinski definition) is 0. The van der Waals surface area contributed by atoms with Crippen molar-refractivity contribution in [2.75, 3.05) is 27.3 Å². The maximum absolute atomic E-state index is 14.0. The Labute approximate surface area is 192 Å². The molecule has 34 heavy (non-hydrogen) atoms. The van der Waals surface area contributed by atoms with E-state index in [0.717, 1.165) is 5.39 Å². The SMILES string of the molecule is CCC(c1noc2cc(OC)c(OC)cc12)N1CCC(Oc2c(F)c(F)c(F)c(F)c2F)CC1. The molecule has 0 aliphatic carbocycles. The second kappa shape index (κ2) is 9.65. The van der Waals surface area contributed by atoms with Gasteiger partial charge in [0.1, 0.15) is 11.8 Å². The van der Waals surface area contributed by atoms with Crippen LogP contribution in [0, 0.1) is 29.1 Å². The first-order chi connectivity index (χ1) is 16.3. The molecule has 1 atom stereocenters. The number of ether oxygens (including phenoxy) is 3. The maximum atomic E-state index is 14.0. The van der Waals surface area contributed by atoms with Gasteiger partial charge in [-0.05, 0) is 25.3 Å². The third kappa shape index (κ3) is 4.13. The first kappa shape index (κ1) is 24.1. The number of hydrogen-bond acceptors (Lipinski definition) is 6. The lowest BCUT2D eigenvalue weighted by molar-refractivity contribution is 0.0655. The summed E-state index contributed by atoms with van der Waals surface area (Å²) in [6.45, 7) is 2.91. The molecule has 2 heterocycles. The average molecular weight is 486 g/mol. The van der Waals surface area contributed by atoms with Crippen molar-refractivity contribution in [3.8, 4) is 17.2 Å². The quantitative estimate of drug-likeness (QED) is 0.249. The van der Waals surface area contributed by atoms with Crippen LogP contribution in [0.3, 0.4) is 0 Å². The summed E-state index contributed by atoms with van der Waals surface area (Å²) in [4.78, 5) is 2.12. The summed E-state index contributed by atoms with van der Waals surface area (Å²) in [6.07, 6.45) is 0.630. The van der Waals surface area contributed by atoms with E-state index in [4.69, 9.17) is 18.7 Å². The topological polar surface area (TPSA) is 57.0 Å². The predicted molar refractivity (Wildman–Crippen MR) is 112 cm³/mol. The molecule has 1 fully saturated rings. The number of methoxy groups -OCH3 is 2. The fourth-order valence-corrected chi connectivity index (χ4v) is 4.31. The van der Waals surface area contributed by atoms with Gasteiger partial charge in [0.2, 0.25) is 29.1 Å². The van der Waals surface area contributed by atoms with Gasteiger partial charge in [-0.15, -0.1) is 0 Å². The molecule has 3 aromatic rings. The van der Waals surface area contributed by atoms with Crippen LogP contribution in [-0.2, 0) is 0 Å². The molecule has 0 amide bonds. The Balaban J connectivity index is 1.51. The van der Waals surface area contributed by atoms with Crippen molar-refractivity contribution in [2.24, 2.45) is 0 Å². The lowest BCUT2D eigenvalue weighted by atomic mass is 10.00. The predicted octanol–water partition coefficient (Wildman–Crippen LogP) is 5.54. The Hall–Kier alpha value is -3.08. The second-order valence-corrected chi connectivity index (χ2v) is 7.95.